The number of benzene rings is 1. The molecule has 0 saturated carbocycles. The van der Waals surface area contributed by atoms with Crippen LogP contribution in [0.15, 0.2) is 35.2 Å². The van der Waals surface area contributed by atoms with Gasteiger partial charge in [-0.2, -0.15) is 10.3 Å². The van der Waals surface area contributed by atoms with E-state index < -0.39 is 0 Å². The number of nitrogens with zero attached hydrogens (tertiary/aromatic N) is 3. The topological polar surface area (TPSA) is 80.5 Å². The predicted molar refractivity (Wildman–Crippen MR) is 76.8 cm³/mol. The lowest BCUT2D eigenvalue weighted by atomic mass is 10.2. The van der Waals surface area contributed by atoms with Crippen molar-refractivity contribution in [1.82, 2.24) is 20.4 Å². The summed E-state index contributed by atoms with van der Waals surface area (Å²) in [6.45, 7) is 2.08. The molecule has 0 bridgehead atoms. The van der Waals surface area contributed by atoms with Crippen LogP contribution >= 0.6 is 11.8 Å². The van der Waals surface area contributed by atoms with Crippen molar-refractivity contribution in [2.24, 2.45) is 0 Å². The predicted octanol–water partition coefficient (Wildman–Crippen LogP) is 2.54. The average Bonchev–Trinajstić information content (AvgIpc) is 2.85. The maximum Gasteiger partial charge on any atom is 0.204 e. The van der Waals surface area contributed by atoms with Crippen molar-refractivity contribution in [2.45, 2.75) is 17.6 Å². The van der Waals surface area contributed by atoms with Gasteiger partial charge in [0.2, 0.25) is 5.65 Å². The van der Waals surface area contributed by atoms with E-state index in [4.69, 9.17) is 5.73 Å². The zero-order valence-electron chi connectivity index (χ0n) is 10.4. The van der Waals surface area contributed by atoms with Gasteiger partial charge in [0.1, 0.15) is 11.3 Å². The van der Waals surface area contributed by atoms with E-state index in [9.17, 15) is 0 Å². The third-order valence-electron chi connectivity index (χ3n) is 2.79. The van der Waals surface area contributed by atoms with Gasteiger partial charge in [-0.25, -0.2) is 4.98 Å². The molecule has 0 aliphatic rings. The molecule has 3 N–H and O–H groups in total. The highest BCUT2D eigenvalue weighted by atomic mass is 32.2. The Bertz CT molecular complexity index is 705. The highest BCUT2D eigenvalue weighted by molar-refractivity contribution is 7.98. The first-order valence-electron chi connectivity index (χ1n) is 5.88. The molecule has 0 atom stereocenters. The first kappa shape index (κ1) is 12.0. The van der Waals surface area contributed by atoms with Crippen molar-refractivity contribution < 1.29 is 0 Å². The smallest absolute Gasteiger partial charge is 0.204 e. The highest BCUT2D eigenvalue weighted by Gasteiger charge is 2.09. The maximum atomic E-state index is 5.77. The molecule has 0 saturated heterocycles. The van der Waals surface area contributed by atoms with Gasteiger partial charge < -0.3 is 5.73 Å². The molecule has 2 aromatic heterocycles. The Morgan fingerprint density at radius 1 is 1.21 bits per heavy atom. The van der Waals surface area contributed by atoms with Crippen LogP contribution in [0.25, 0.3) is 11.2 Å². The number of pyridine rings is 1. The number of aromatic amines is 1. The van der Waals surface area contributed by atoms with Gasteiger partial charge in [0.05, 0.1) is 0 Å². The Morgan fingerprint density at radius 3 is 2.79 bits per heavy atom. The van der Waals surface area contributed by atoms with Crippen LogP contribution in [0, 0.1) is 6.92 Å². The van der Waals surface area contributed by atoms with Gasteiger partial charge in [0.15, 0.2) is 0 Å². The van der Waals surface area contributed by atoms with E-state index in [1.165, 1.54) is 11.1 Å². The monoisotopic (exact) mass is 271 g/mol. The van der Waals surface area contributed by atoms with Crippen LogP contribution in [0.4, 0.5) is 5.82 Å². The molecule has 6 heteroatoms. The van der Waals surface area contributed by atoms with Crippen LogP contribution in [-0.4, -0.2) is 20.4 Å². The summed E-state index contributed by atoms with van der Waals surface area (Å²) in [5.41, 5.74) is 9.63. The molecular formula is C13H13N5S. The lowest BCUT2D eigenvalue weighted by Gasteiger charge is -2.04. The second kappa shape index (κ2) is 4.89. The van der Waals surface area contributed by atoms with Crippen LogP contribution in [0.5, 0.6) is 0 Å². The number of nitrogens with one attached hydrogen (secondary N) is 1. The third kappa shape index (κ3) is 2.53. The lowest BCUT2D eigenvalue weighted by Crippen LogP contribution is -1.92. The summed E-state index contributed by atoms with van der Waals surface area (Å²) in [5, 5.41) is 10.7. The Balaban J connectivity index is 1.85. The number of thioether (sulfide) groups is 1. The van der Waals surface area contributed by atoms with Crippen molar-refractivity contribution in [3.05, 3.63) is 41.5 Å². The summed E-state index contributed by atoms with van der Waals surface area (Å²) >= 11 is 1.69. The van der Waals surface area contributed by atoms with Gasteiger partial charge in [-0.05, 0) is 18.6 Å². The molecular weight excluding hydrogens is 258 g/mol. The second-order valence-corrected chi connectivity index (χ2v) is 5.33. The largest absolute Gasteiger partial charge is 0.384 e. The summed E-state index contributed by atoms with van der Waals surface area (Å²) in [5.74, 6) is 1.33. The van der Waals surface area contributed by atoms with Crippen LogP contribution in [0.1, 0.15) is 11.1 Å². The summed E-state index contributed by atoms with van der Waals surface area (Å²) in [6, 6.07) is 10.3. The Kier molecular flexibility index (Phi) is 3.08. The van der Waals surface area contributed by atoms with E-state index in [0.29, 0.717) is 11.5 Å². The minimum Gasteiger partial charge on any atom is -0.384 e. The van der Waals surface area contributed by atoms with Gasteiger partial charge in [-0.3, -0.25) is 0 Å². The molecule has 2 heterocycles. The number of rotatable bonds is 3. The summed E-state index contributed by atoms with van der Waals surface area (Å²) in [7, 11) is 0. The molecule has 19 heavy (non-hydrogen) atoms. The third-order valence-corrected chi connectivity index (χ3v) is 3.89. The van der Waals surface area contributed by atoms with Gasteiger partial charge >= 0.3 is 0 Å². The molecule has 1 aromatic carbocycles. The Labute approximate surface area is 114 Å². The van der Waals surface area contributed by atoms with E-state index in [1.807, 2.05) is 6.07 Å². The molecule has 0 unspecified atom stereocenters. The number of fused-ring (bicyclic) bond motifs is 1. The number of nitrogens with two attached hydrogens (primary N) is 1. The summed E-state index contributed by atoms with van der Waals surface area (Å²) in [6.07, 6.45) is 0. The van der Waals surface area contributed by atoms with Gasteiger partial charge in [0.25, 0.3) is 0 Å². The fourth-order valence-corrected chi connectivity index (χ4v) is 2.77. The van der Waals surface area contributed by atoms with E-state index in [0.717, 1.165) is 16.2 Å². The number of hydrogen-bond acceptors (Lipinski definition) is 5. The minimum atomic E-state index is 0.466. The number of hydrogen-bond donors (Lipinski definition) is 2. The zero-order chi connectivity index (χ0) is 13.2. The molecule has 0 fully saturated rings. The Morgan fingerprint density at radius 2 is 2.00 bits per heavy atom. The van der Waals surface area contributed by atoms with Crippen molar-refractivity contribution in [2.75, 3.05) is 5.73 Å². The normalized spacial score (nSPS) is 11.0. The number of aryl methyl sites for hydroxylation is 1. The molecule has 0 spiro atoms. The molecule has 3 aromatic rings. The molecule has 5 nitrogen and oxygen atoms in total. The minimum absolute atomic E-state index is 0.466. The van der Waals surface area contributed by atoms with Crippen LogP contribution < -0.4 is 5.73 Å². The number of H-pyrrole nitrogens is 1. The van der Waals surface area contributed by atoms with Crippen LogP contribution in [0.3, 0.4) is 0 Å². The summed E-state index contributed by atoms with van der Waals surface area (Å²) in [4.78, 5) is 5.12. The number of anilines is 1. The van der Waals surface area contributed by atoms with E-state index in [1.54, 1.807) is 11.8 Å². The fraction of sp³-hybridized carbons (Fsp3) is 0.154. The molecule has 0 aliphatic heterocycles. The molecule has 0 radical (unpaired) electrons. The van der Waals surface area contributed by atoms with E-state index in [2.05, 4.69) is 51.6 Å². The molecule has 0 amide bonds. The first-order valence-corrected chi connectivity index (χ1v) is 6.86. The van der Waals surface area contributed by atoms with Crippen molar-refractivity contribution >= 4 is 28.7 Å². The number of nitrogen functional groups attached to an aromatic ring is 1. The fourth-order valence-electron chi connectivity index (χ4n) is 1.78. The van der Waals surface area contributed by atoms with Crippen LogP contribution in [0.2, 0.25) is 0 Å². The maximum absolute atomic E-state index is 5.77. The summed E-state index contributed by atoms with van der Waals surface area (Å²) < 4.78 is 0. The first-order chi connectivity index (χ1) is 9.22. The van der Waals surface area contributed by atoms with E-state index in [-0.39, 0.29) is 0 Å². The SMILES string of the molecule is Cc1ccc(CSc2cc(N)nc3n[nH]nc23)cc1. The van der Waals surface area contributed by atoms with Gasteiger partial charge in [-0.1, -0.05) is 29.8 Å². The molecule has 96 valence electrons. The van der Waals surface area contributed by atoms with E-state index >= 15 is 0 Å². The van der Waals surface area contributed by atoms with Crippen LogP contribution in [-0.2, 0) is 5.75 Å². The van der Waals surface area contributed by atoms with Gasteiger partial charge in [0, 0.05) is 10.6 Å². The highest BCUT2D eigenvalue weighted by Crippen LogP contribution is 2.29. The van der Waals surface area contributed by atoms with Crippen molar-refractivity contribution in [1.29, 1.82) is 0 Å². The number of aromatic nitrogens is 4. The standard InChI is InChI=1S/C13H13N5S/c1-8-2-4-9(5-3-8)7-19-10-6-11(14)15-13-12(10)16-18-17-13/h2-6H,7H2,1H3,(H3,14,15,16,17,18). The quantitative estimate of drug-likeness (QED) is 0.715. The molecule has 0 aliphatic carbocycles. The zero-order valence-corrected chi connectivity index (χ0v) is 11.2. The average molecular weight is 271 g/mol. The van der Waals surface area contributed by atoms with Crippen molar-refractivity contribution in [3.8, 4) is 0 Å². The lowest BCUT2D eigenvalue weighted by molar-refractivity contribution is 0.953. The second-order valence-electron chi connectivity index (χ2n) is 4.32. The molecule has 3 rings (SSSR count). The van der Waals surface area contributed by atoms with Gasteiger partial charge in [-0.15, -0.1) is 16.9 Å². The Hall–Kier alpha value is -2.08. The van der Waals surface area contributed by atoms with Crippen molar-refractivity contribution in [3.63, 3.8) is 0 Å².